The summed E-state index contributed by atoms with van der Waals surface area (Å²) >= 11 is 0. The van der Waals surface area contributed by atoms with Gasteiger partial charge in [-0.2, -0.15) is 5.26 Å². The Hall–Kier alpha value is -1.53. The summed E-state index contributed by atoms with van der Waals surface area (Å²) in [5.74, 6) is 0.633. The molecule has 0 radical (unpaired) electrons. The van der Waals surface area contributed by atoms with Crippen molar-refractivity contribution in [1.29, 1.82) is 5.26 Å². The van der Waals surface area contributed by atoms with E-state index >= 15 is 0 Å². The van der Waals surface area contributed by atoms with Crippen LogP contribution >= 0.6 is 0 Å². The fourth-order valence-electron chi connectivity index (χ4n) is 2.16. The lowest BCUT2D eigenvalue weighted by Gasteiger charge is -2.23. The molecular weight excluding hydrogens is 190 g/mol. The van der Waals surface area contributed by atoms with Crippen molar-refractivity contribution in [3.63, 3.8) is 0 Å². The van der Waals surface area contributed by atoms with Crippen LogP contribution < -0.4 is 4.74 Å². The second-order valence-electron chi connectivity index (χ2n) is 3.73. The lowest BCUT2D eigenvalue weighted by molar-refractivity contribution is 0.155. The largest absolute Gasteiger partial charge is 0.495 e. The number of nitrogens with zero attached hydrogens (tertiary/aromatic N) is 1. The van der Waals surface area contributed by atoms with Crippen molar-refractivity contribution in [2.45, 2.75) is 25.4 Å². The van der Waals surface area contributed by atoms with Gasteiger partial charge >= 0.3 is 0 Å². The molecule has 2 rings (SSSR count). The first-order valence-electron chi connectivity index (χ1n) is 5.06. The average molecular weight is 203 g/mol. The van der Waals surface area contributed by atoms with Gasteiger partial charge in [0.05, 0.1) is 18.8 Å². The zero-order valence-corrected chi connectivity index (χ0v) is 8.66. The topological polar surface area (TPSA) is 53.2 Å². The summed E-state index contributed by atoms with van der Waals surface area (Å²) in [6, 6.07) is 5.65. The van der Waals surface area contributed by atoms with Crippen molar-refractivity contribution in [1.82, 2.24) is 0 Å². The molecule has 0 bridgehead atoms. The van der Waals surface area contributed by atoms with Crippen molar-refractivity contribution < 1.29 is 9.84 Å². The van der Waals surface area contributed by atoms with Crippen molar-refractivity contribution in [2.75, 3.05) is 7.11 Å². The summed E-state index contributed by atoms with van der Waals surface area (Å²) < 4.78 is 5.25. The maximum Gasteiger partial charge on any atom is 0.140 e. The van der Waals surface area contributed by atoms with Crippen molar-refractivity contribution >= 4 is 0 Å². The van der Waals surface area contributed by atoms with E-state index in [-0.39, 0.29) is 0 Å². The number of fused-ring (bicyclic) bond motifs is 1. The van der Waals surface area contributed by atoms with Crippen LogP contribution in [-0.4, -0.2) is 12.2 Å². The van der Waals surface area contributed by atoms with E-state index < -0.39 is 6.10 Å². The minimum absolute atomic E-state index is 0.407. The molecule has 1 aliphatic rings. The second kappa shape index (κ2) is 3.92. The lowest BCUT2D eigenvalue weighted by atomic mass is 9.87. The standard InChI is InChI=1S/C12H13NO2/c1-15-12-8(7-13)5-6-9-10(12)3-2-4-11(9)14/h5-6,11,14H,2-4H2,1H3. The summed E-state index contributed by atoms with van der Waals surface area (Å²) in [5, 5.41) is 18.7. The number of aliphatic hydroxyl groups excluding tert-OH is 1. The van der Waals surface area contributed by atoms with Gasteiger partial charge in [-0.3, -0.25) is 0 Å². The van der Waals surface area contributed by atoms with Crippen molar-refractivity contribution in [2.24, 2.45) is 0 Å². The summed E-state index contributed by atoms with van der Waals surface area (Å²) in [5.41, 5.74) is 2.46. The summed E-state index contributed by atoms with van der Waals surface area (Å²) in [6.07, 6.45) is 2.21. The molecule has 1 N–H and O–H groups in total. The van der Waals surface area contributed by atoms with Crippen LogP contribution in [0, 0.1) is 11.3 Å². The van der Waals surface area contributed by atoms with Gasteiger partial charge in [0, 0.05) is 5.56 Å². The number of methoxy groups -OCH3 is 1. The predicted octanol–water partition coefficient (Wildman–Crippen LogP) is 1.94. The highest BCUT2D eigenvalue weighted by Gasteiger charge is 2.22. The van der Waals surface area contributed by atoms with E-state index in [0.29, 0.717) is 11.3 Å². The normalized spacial score (nSPS) is 19.1. The average Bonchev–Trinajstić information content (AvgIpc) is 2.28. The Balaban J connectivity index is 2.60. The molecule has 0 heterocycles. The van der Waals surface area contributed by atoms with E-state index in [1.807, 2.05) is 6.07 Å². The number of nitriles is 1. The van der Waals surface area contributed by atoms with Crippen LogP contribution in [0.1, 0.15) is 35.6 Å². The smallest absolute Gasteiger partial charge is 0.140 e. The van der Waals surface area contributed by atoms with Crippen LogP contribution in [0.5, 0.6) is 5.75 Å². The van der Waals surface area contributed by atoms with E-state index in [4.69, 9.17) is 10.00 Å². The van der Waals surface area contributed by atoms with Crippen LogP contribution in [0.15, 0.2) is 12.1 Å². The maximum absolute atomic E-state index is 9.81. The highest BCUT2D eigenvalue weighted by atomic mass is 16.5. The Bertz CT molecular complexity index is 420. The monoisotopic (exact) mass is 203 g/mol. The number of benzene rings is 1. The Morgan fingerprint density at radius 2 is 2.33 bits per heavy atom. The number of hydrogen-bond acceptors (Lipinski definition) is 3. The molecule has 0 saturated carbocycles. The molecule has 78 valence electrons. The fourth-order valence-corrected chi connectivity index (χ4v) is 2.16. The van der Waals surface area contributed by atoms with Crippen LogP contribution in [0.4, 0.5) is 0 Å². The molecule has 1 unspecified atom stereocenters. The fraction of sp³-hybridized carbons (Fsp3) is 0.417. The first-order chi connectivity index (χ1) is 7.27. The zero-order chi connectivity index (χ0) is 10.8. The Morgan fingerprint density at radius 3 is 3.00 bits per heavy atom. The van der Waals surface area contributed by atoms with Gasteiger partial charge in [-0.15, -0.1) is 0 Å². The molecule has 0 aliphatic heterocycles. The van der Waals surface area contributed by atoms with Crippen LogP contribution in [0.2, 0.25) is 0 Å². The molecule has 0 aromatic heterocycles. The second-order valence-corrected chi connectivity index (χ2v) is 3.73. The highest BCUT2D eigenvalue weighted by Crippen LogP contribution is 2.36. The van der Waals surface area contributed by atoms with Gasteiger partial charge in [0.2, 0.25) is 0 Å². The molecule has 0 fully saturated rings. The van der Waals surface area contributed by atoms with Gasteiger partial charge < -0.3 is 9.84 Å². The summed E-state index contributed by atoms with van der Waals surface area (Å²) in [4.78, 5) is 0. The van der Waals surface area contributed by atoms with Crippen LogP contribution in [0.25, 0.3) is 0 Å². The van der Waals surface area contributed by atoms with Gasteiger partial charge in [0.1, 0.15) is 11.8 Å². The van der Waals surface area contributed by atoms with Gasteiger partial charge in [-0.1, -0.05) is 6.07 Å². The van der Waals surface area contributed by atoms with E-state index in [1.54, 1.807) is 13.2 Å². The maximum atomic E-state index is 9.81. The Labute approximate surface area is 88.9 Å². The summed E-state index contributed by atoms with van der Waals surface area (Å²) in [7, 11) is 1.57. The van der Waals surface area contributed by atoms with Gasteiger partial charge in [-0.25, -0.2) is 0 Å². The Kier molecular flexibility index (Phi) is 2.61. The lowest BCUT2D eigenvalue weighted by Crippen LogP contribution is -2.11. The molecule has 3 heteroatoms. The Morgan fingerprint density at radius 1 is 1.53 bits per heavy atom. The van der Waals surface area contributed by atoms with Gasteiger partial charge in [0.15, 0.2) is 0 Å². The van der Waals surface area contributed by atoms with Crippen LogP contribution in [0.3, 0.4) is 0 Å². The minimum Gasteiger partial charge on any atom is -0.495 e. The molecule has 3 nitrogen and oxygen atoms in total. The molecular formula is C12H13NO2. The number of hydrogen-bond donors (Lipinski definition) is 1. The molecule has 0 saturated heterocycles. The third-order valence-electron chi connectivity index (χ3n) is 2.88. The third kappa shape index (κ3) is 1.57. The van der Waals surface area contributed by atoms with E-state index in [0.717, 1.165) is 30.4 Å². The molecule has 1 aliphatic carbocycles. The molecule has 0 spiro atoms. The quantitative estimate of drug-likeness (QED) is 0.758. The highest BCUT2D eigenvalue weighted by molar-refractivity contribution is 5.53. The van der Waals surface area contributed by atoms with E-state index in [9.17, 15) is 5.11 Å². The van der Waals surface area contributed by atoms with Crippen LogP contribution in [-0.2, 0) is 6.42 Å². The summed E-state index contributed by atoms with van der Waals surface area (Å²) in [6.45, 7) is 0. The molecule has 1 aromatic carbocycles. The zero-order valence-electron chi connectivity index (χ0n) is 8.66. The molecule has 1 atom stereocenters. The minimum atomic E-state index is -0.407. The van der Waals surface area contributed by atoms with E-state index in [1.165, 1.54) is 0 Å². The molecule has 15 heavy (non-hydrogen) atoms. The van der Waals surface area contributed by atoms with Crippen molar-refractivity contribution in [3.8, 4) is 11.8 Å². The molecule has 0 amide bonds. The predicted molar refractivity (Wildman–Crippen MR) is 55.6 cm³/mol. The number of ether oxygens (including phenoxy) is 1. The van der Waals surface area contributed by atoms with Gasteiger partial charge in [-0.05, 0) is 30.9 Å². The van der Waals surface area contributed by atoms with Crippen molar-refractivity contribution in [3.05, 3.63) is 28.8 Å². The third-order valence-corrected chi connectivity index (χ3v) is 2.88. The SMILES string of the molecule is COc1c(C#N)ccc2c1CCCC2O. The number of rotatable bonds is 1. The van der Waals surface area contributed by atoms with Gasteiger partial charge in [0.25, 0.3) is 0 Å². The molecule has 1 aromatic rings. The first-order valence-corrected chi connectivity index (χ1v) is 5.06. The van der Waals surface area contributed by atoms with E-state index in [2.05, 4.69) is 6.07 Å². The first kappa shape index (κ1) is 10.0. The number of aliphatic hydroxyl groups is 1.